The van der Waals surface area contributed by atoms with E-state index in [1.165, 1.54) is 25.7 Å². The third kappa shape index (κ3) is 3.07. The fraction of sp³-hybridized carbons (Fsp3) is 0.562. The lowest BCUT2D eigenvalue weighted by Crippen LogP contribution is -2.40. The van der Waals surface area contributed by atoms with Gasteiger partial charge in [-0.2, -0.15) is 0 Å². The van der Waals surface area contributed by atoms with Crippen molar-refractivity contribution in [3.8, 4) is 11.5 Å². The van der Waals surface area contributed by atoms with E-state index in [2.05, 4.69) is 10.6 Å². The van der Waals surface area contributed by atoms with Gasteiger partial charge in [-0.1, -0.05) is 6.42 Å². The molecule has 3 rings (SSSR count). The minimum absolute atomic E-state index is 0.545. The van der Waals surface area contributed by atoms with Crippen molar-refractivity contribution in [1.82, 2.24) is 5.32 Å². The Labute approximate surface area is 131 Å². The number of methoxy groups -OCH3 is 2. The summed E-state index contributed by atoms with van der Waals surface area (Å²) in [7, 11) is 3.26. The molecule has 114 valence electrons. The highest BCUT2D eigenvalue weighted by Crippen LogP contribution is 2.44. The van der Waals surface area contributed by atoms with E-state index >= 15 is 0 Å². The van der Waals surface area contributed by atoms with Crippen LogP contribution in [0.5, 0.6) is 11.5 Å². The number of rotatable bonds is 4. The first-order chi connectivity index (χ1) is 10.2. The Hall–Kier alpha value is -1.49. The van der Waals surface area contributed by atoms with E-state index in [0.717, 1.165) is 23.3 Å². The molecule has 2 saturated carbocycles. The molecule has 0 unspecified atom stereocenters. The summed E-state index contributed by atoms with van der Waals surface area (Å²) in [5.41, 5.74) is 0.910. The summed E-state index contributed by atoms with van der Waals surface area (Å²) in [6.07, 6.45) is 5.38. The SMILES string of the molecule is COc1ccc(NC(=S)N[C@H]2C[C@H]3CC[C@@H]2C3)cc1OC. The molecule has 1 aromatic carbocycles. The molecule has 0 heterocycles. The summed E-state index contributed by atoms with van der Waals surface area (Å²) in [6, 6.07) is 6.26. The first-order valence-electron chi connectivity index (χ1n) is 7.49. The largest absolute Gasteiger partial charge is 0.493 e. The van der Waals surface area contributed by atoms with Crippen molar-refractivity contribution in [2.24, 2.45) is 11.8 Å². The molecular weight excluding hydrogens is 284 g/mol. The van der Waals surface area contributed by atoms with E-state index < -0.39 is 0 Å². The Morgan fingerprint density at radius 1 is 1.14 bits per heavy atom. The number of hydrogen-bond donors (Lipinski definition) is 2. The summed E-state index contributed by atoms with van der Waals surface area (Å²) in [5, 5.41) is 7.41. The Morgan fingerprint density at radius 2 is 1.95 bits per heavy atom. The van der Waals surface area contributed by atoms with Gasteiger partial charge in [0.1, 0.15) is 0 Å². The van der Waals surface area contributed by atoms with E-state index in [1.807, 2.05) is 18.2 Å². The molecule has 2 fully saturated rings. The van der Waals surface area contributed by atoms with Gasteiger partial charge in [0.15, 0.2) is 16.6 Å². The van der Waals surface area contributed by atoms with Crippen LogP contribution >= 0.6 is 12.2 Å². The van der Waals surface area contributed by atoms with E-state index in [-0.39, 0.29) is 0 Å². The molecule has 0 radical (unpaired) electrons. The Morgan fingerprint density at radius 3 is 2.57 bits per heavy atom. The summed E-state index contributed by atoms with van der Waals surface area (Å²) in [6.45, 7) is 0. The molecule has 3 atom stereocenters. The maximum Gasteiger partial charge on any atom is 0.171 e. The third-order valence-electron chi connectivity index (χ3n) is 4.70. The van der Waals surface area contributed by atoms with Crippen LogP contribution in [0.2, 0.25) is 0 Å². The first-order valence-corrected chi connectivity index (χ1v) is 7.90. The third-order valence-corrected chi connectivity index (χ3v) is 4.92. The van der Waals surface area contributed by atoms with Crippen molar-refractivity contribution in [2.45, 2.75) is 31.7 Å². The van der Waals surface area contributed by atoms with E-state index in [9.17, 15) is 0 Å². The molecule has 0 aliphatic heterocycles. The van der Waals surface area contributed by atoms with Crippen molar-refractivity contribution in [3.05, 3.63) is 18.2 Å². The maximum atomic E-state index is 5.43. The summed E-state index contributed by atoms with van der Waals surface area (Å²) < 4.78 is 10.5. The number of nitrogens with one attached hydrogen (secondary N) is 2. The lowest BCUT2D eigenvalue weighted by Gasteiger charge is -2.24. The van der Waals surface area contributed by atoms with Crippen LogP contribution in [0, 0.1) is 11.8 Å². The summed E-state index contributed by atoms with van der Waals surface area (Å²) >= 11 is 5.43. The van der Waals surface area contributed by atoms with Crippen molar-refractivity contribution >= 4 is 23.0 Å². The second kappa shape index (κ2) is 6.10. The fourth-order valence-corrected chi connectivity index (χ4v) is 3.94. The number of ether oxygens (including phenoxy) is 2. The fourth-order valence-electron chi connectivity index (χ4n) is 3.67. The topological polar surface area (TPSA) is 42.5 Å². The highest BCUT2D eigenvalue weighted by atomic mass is 32.1. The minimum Gasteiger partial charge on any atom is -0.493 e. The zero-order chi connectivity index (χ0) is 14.8. The van der Waals surface area contributed by atoms with Gasteiger partial charge in [-0.05, 0) is 55.4 Å². The molecule has 2 N–H and O–H groups in total. The smallest absolute Gasteiger partial charge is 0.171 e. The summed E-state index contributed by atoms with van der Waals surface area (Å²) in [4.78, 5) is 0. The lowest BCUT2D eigenvalue weighted by molar-refractivity contribution is 0.355. The van der Waals surface area contributed by atoms with Gasteiger partial charge in [-0.3, -0.25) is 0 Å². The predicted octanol–water partition coefficient (Wildman–Crippen LogP) is 3.18. The van der Waals surface area contributed by atoms with Crippen LogP contribution in [0.1, 0.15) is 25.7 Å². The highest BCUT2D eigenvalue weighted by molar-refractivity contribution is 7.80. The molecule has 2 aliphatic rings. The minimum atomic E-state index is 0.545. The number of fused-ring (bicyclic) bond motifs is 2. The molecule has 4 nitrogen and oxygen atoms in total. The van der Waals surface area contributed by atoms with E-state index in [0.29, 0.717) is 16.9 Å². The molecule has 2 aliphatic carbocycles. The zero-order valence-corrected chi connectivity index (χ0v) is 13.3. The van der Waals surface area contributed by atoms with E-state index in [4.69, 9.17) is 21.7 Å². The van der Waals surface area contributed by atoms with Crippen LogP contribution in [0.4, 0.5) is 5.69 Å². The molecule has 1 aromatic rings. The van der Waals surface area contributed by atoms with Crippen LogP contribution in [0.25, 0.3) is 0 Å². The van der Waals surface area contributed by atoms with Crippen LogP contribution < -0.4 is 20.1 Å². The molecule has 0 spiro atoms. The Bertz CT molecular complexity index is 535. The molecule has 0 saturated heterocycles. The molecule has 0 aromatic heterocycles. The molecule has 21 heavy (non-hydrogen) atoms. The Balaban J connectivity index is 1.59. The number of hydrogen-bond acceptors (Lipinski definition) is 3. The normalized spacial score (nSPS) is 26.5. The maximum absolute atomic E-state index is 5.43. The van der Waals surface area contributed by atoms with Crippen LogP contribution in [-0.2, 0) is 0 Å². The van der Waals surface area contributed by atoms with Gasteiger partial charge in [0.05, 0.1) is 14.2 Å². The second-order valence-electron chi connectivity index (χ2n) is 5.95. The van der Waals surface area contributed by atoms with Crippen molar-refractivity contribution in [1.29, 1.82) is 0 Å². The van der Waals surface area contributed by atoms with Gasteiger partial charge < -0.3 is 20.1 Å². The van der Waals surface area contributed by atoms with Gasteiger partial charge in [-0.25, -0.2) is 0 Å². The Kier molecular flexibility index (Phi) is 4.19. The standard InChI is InChI=1S/C16H22N2O2S/c1-19-14-6-5-12(9-15(14)20-2)17-16(21)18-13-8-10-3-4-11(13)7-10/h5-6,9-11,13H,3-4,7-8H2,1-2H3,(H2,17,18,21)/t10-,11+,13-/m0/s1. The quantitative estimate of drug-likeness (QED) is 0.836. The molecule has 0 amide bonds. The second-order valence-corrected chi connectivity index (χ2v) is 6.36. The van der Waals surface area contributed by atoms with Crippen LogP contribution in [0.3, 0.4) is 0 Å². The monoisotopic (exact) mass is 306 g/mol. The van der Waals surface area contributed by atoms with Gasteiger partial charge in [0.2, 0.25) is 0 Å². The average molecular weight is 306 g/mol. The van der Waals surface area contributed by atoms with Gasteiger partial charge >= 0.3 is 0 Å². The van der Waals surface area contributed by atoms with Crippen molar-refractivity contribution in [2.75, 3.05) is 19.5 Å². The van der Waals surface area contributed by atoms with Gasteiger partial charge in [0, 0.05) is 17.8 Å². The van der Waals surface area contributed by atoms with Crippen molar-refractivity contribution < 1.29 is 9.47 Å². The zero-order valence-electron chi connectivity index (χ0n) is 12.5. The lowest BCUT2D eigenvalue weighted by atomic mass is 9.96. The highest BCUT2D eigenvalue weighted by Gasteiger charge is 2.39. The molecule has 5 heteroatoms. The van der Waals surface area contributed by atoms with E-state index in [1.54, 1.807) is 14.2 Å². The molecule has 2 bridgehead atoms. The molecular formula is C16H22N2O2S. The average Bonchev–Trinajstić information content (AvgIpc) is 3.09. The number of benzene rings is 1. The van der Waals surface area contributed by atoms with Gasteiger partial charge in [-0.15, -0.1) is 0 Å². The number of anilines is 1. The number of thiocarbonyl (C=S) groups is 1. The van der Waals surface area contributed by atoms with Crippen molar-refractivity contribution in [3.63, 3.8) is 0 Å². The van der Waals surface area contributed by atoms with Crippen LogP contribution in [0.15, 0.2) is 18.2 Å². The first kappa shape index (κ1) is 14.4. The van der Waals surface area contributed by atoms with Gasteiger partial charge in [0.25, 0.3) is 0 Å². The summed E-state index contributed by atoms with van der Waals surface area (Å²) in [5.74, 6) is 3.14. The predicted molar refractivity (Wildman–Crippen MR) is 88.1 cm³/mol. The van der Waals surface area contributed by atoms with Crippen LogP contribution in [-0.4, -0.2) is 25.4 Å².